The van der Waals surface area contributed by atoms with Crippen molar-refractivity contribution < 1.29 is 9.53 Å². The Hall–Kier alpha value is -1.79. The van der Waals surface area contributed by atoms with Crippen LogP contribution in [0.2, 0.25) is 0 Å². The van der Waals surface area contributed by atoms with Crippen LogP contribution in [0.4, 0.5) is 0 Å². The molecule has 2 aliphatic rings. The van der Waals surface area contributed by atoms with Gasteiger partial charge in [0, 0.05) is 18.1 Å². The van der Waals surface area contributed by atoms with E-state index in [2.05, 4.69) is 9.97 Å². The zero-order valence-corrected chi connectivity index (χ0v) is 14.4. The first kappa shape index (κ1) is 15.7. The number of ether oxygens (including phenoxy) is 1. The average molecular weight is 343 g/mol. The lowest BCUT2D eigenvalue weighted by Crippen LogP contribution is -2.55. The van der Waals surface area contributed by atoms with Crippen LogP contribution < -0.4 is 0 Å². The van der Waals surface area contributed by atoms with Gasteiger partial charge in [-0.2, -0.15) is 0 Å². The van der Waals surface area contributed by atoms with Crippen LogP contribution in [0.3, 0.4) is 0 Å². The maximum atomic E-state index is 12.8. The molecule has 6 heteroatoms. The maximum Gasteiger partial charge on any atom is 0.229 e. The summed E-state index contributed by atoms with van der Waals surface area (Å²) in [7, 11) is 0. The molecule has 3 heterocycles. The molecule has 1 saturated heterocycles. The third-order valence-corrected chi connectivity index (χ3v) is 5.73. The van der Waals surface area contributed by atoms with Crippen LogP contribution >= 0.6 is 11.3 Å². The Morgan fingerprint density at radius 1 is 1.33 bits per heavy atom. The molecular formula is C18H21N3O2S. The number of morpholine rings is 1. The molecule has 1 amide bonds. The molecule has 2 unspecified atom stereocenters. The topological polar surface area (TPSA) is 55.3 Å². The highest BCUT2D eigenvalue weighted by Crippen LogP contribution is 2.29. The largest absolute Gasteiger partial charge is 0.374 e. The Morgan fingerprint density at radius 3 is 3.12 bits per heavy atom. The molecule has 2 fully saturated rings. The van der Waals surface area contributed by atoms with E-state index in [1.165, 1.54) is 12.8 Å². The Morgan fingerprint density at radius 2 is 2.25 bits per heavy atom. The maximum absolute atomic E-state index is 12.8. The van der Waals surface area contributed by atoms with E-state index in [-0.39, 0.29) is 18.1 Å². The number of rotatable bonds is 3. The van der Waals surface area contributed by atoms with Crippen molar-refractivity contribution in [3.05, 3.63) is 35.5 Å². The van der Waals surface area contributed by atoms with Crippen molar-refractivity contribution in [3.8, 4) is 10.7 Å². The molecule has 0 N–H and O–H groups in total. The van der Waals surface area contributed by atoms with E-state index in [4.69, 9.17) is 4.74 Å². The summed E-state index contributed by atoms with van der Waals surface area (Å²) in [5.41, 5.74) is 1.70. The first-order valence-corrected chi connectivity index (χ1v) is 9.46. The summed E-state index contributed by atoms with van der Waals surface area (Å²) < 4.78 is 5.86. The third-order valence-electron chi connectivity index (χ3n) is 4.82. The van der Waals surface area contributed by atoms with Gasteiger partial charge in [0.05, 0.1) is 36.6 Å². The fraction of sp³-hybridized carbons (Fsp3) is 0.500. The third kappa shape index (κ3) is 3.21. The lowest BCUT2D eigenvalue weighted by atomic mass is 9.90. The van der Waals surface area contributed by atoms with Crippen molar-refractivity contribution in [3.63, 3.8) is 0 Å². The van der Waals surface area contributed by atoms with Gasteiger partial charge in [-0.3, -0.25) is 9.78 Å². The smallest absolute Gasteiger partial charge is 0.229 e. The molecule has 0 bridgehead atoms. The molecule has 2 aromatic heterocycles. The van der Waals surface area contributed by atoms with Crippen LogP contribution in [-0.4, -0.2) is 46.1 Å². The first-order valence-electron chi connectivity index (χ1n) is 8.58. The normalized spacial score (nSPS) is 23.8. The van der Waals surface area contributed by atoms with Gasteiger partial charge in [0.2, 0.25) is 5.91 Å². The van der Waals surface area contributed by atoms with Crippen LogP contribution in [0.15, 0.2) is 29.8 Å². The highest BCUT2D eigenvalue weighted by atomic mass is 32.1. The molecule has 24 heavy (non-hydrogen) atoms. The summed E-state index contributed by atoms with van der Waals surface area (Å²) in [6.45, 7) is 1.36. The summed E-state index contributed by atoms with van der Waals surface area (Å²) in [6, 6.07) is 6.04. The van der Waals surface area contributed by atoms with Gasteiger partial charge in [-0.05, 0) is 25.0 Å². The summed E-state index contributed by atoms with van der Waals surface area (Å²) in [5, 5.41) is 2.84. The highest BCUT2D eigenvalue weighted by molar-refractivity contribution is 7.13. The van der Waals surface area contributed by atoms with E-state index < -0.39 is 0 Å². The average Bonchev–Trinajstić information content (AvgIpc) is 3.10. The Labute approximate surface area is 145 Å². The molecule has 1 aliphatic heterocycles. The zero-order chi connectivity index (χ0) is 16.4. The number of thiazole rings is 1. The number of aromatic nitrogens is 2. The van der Waals surface area contributed by atoms with E-state index in [0.29, 0.717) is 19.6 Å². The molecule has 2 atom stereocenters. The number of pyridine rings is 1. The molecule has 4 rings (SSSR count). The lowest BCUT2D eigenvalue weighted by molar-refractivity contribution is -0.148. The van der Waals surface area contributed by atoms with Crippen LogP contribution in [0.25, 0.3) is 10.7 Å². The molecule has 1 aliphatic carbocycles. The van der Waals surface area contributed by atoms with E-state index in [1.54, 1.807) is 17.5 Å². The van der Waals surface area contributed by atoms with E-state index in [0.717, 1.165) is 29.2 Å². The van der Waals surface area contributed by atoms with Crippen molar-refractivity contribution in [1.29, 1.82) is 0 Å². The fourth-order valence-corrected chi connectivity index (χ4v) is 4.45. The molecule has 0 aromatic carbocycles. The predicted octanol–water partition coefficient (Wildman–Crippen LogP) is 2.92. The number of fused-ring (bicyclic) bond motifs is 1. The van der Waals surface area contributed by atoms with Gasteiger partial charge in [-0.1, -0.05) is 18.9 Å². The highest BCUT2D eigenvalue weighted by Gasteiger charge is 2.36. The van der Waals surface area contributed by atoms with Gasteiger partial charge in [-0.15, -0.1) is 11.3 Å². The van der Waals surface area contributed by atoms with Crippen molar-refractivity contribution in [2.24, 2.45) is 0 Å². The van der Waals surface area contributed by atoms with Crippen molar-refractivity contribution in [2.75, 3.05) is 13.2 Å². The Balaban J connectivity index is 1.45. The second-order valence-electron chi connectivity index (χ2n) is 6.38. The van der Waals surface area contributed by atoms with Crippen molar-refractivity contribution in [2.45, 2.75) is 44.2 Å². The van der Waals surface area contributed by atoms with E-state index in [1.807, 2.05) is 28.5 Å². The molecule has 126 valence electrons. The fourth-order valence-electron chi connectivity index (χ4n) is 3.66. The Bertz CT molecular complexity index is 701. The summed E-state index contributed by atoms with van der Waals surface area (Å²) >= 11 is 1.55. The van der Waals surface area contributed by atoms with Crippen LogP contribution in [0, 0.1) is 0 Å². The number of carbonyl (C=O) groups excluding carboxylic acids is 1. The van der Waals surface area contributed by atoms with Gasteiger partial charge >= 0.3 is 0 Å². The zero-order valence-electron chi connectivity index (χ0n) is 13.6. The van der Waals surface area contributed by atoms with E-state index in [9.17, 15) is 4.79 Å². The van der Waals surface area contributed by atoms with Gasteiger partial charge in [0.1, 0.15) is 5.01 Å². The monoisotopic (exact) mass is 343 g/mol. The van der Waals surface area contributed by atoms with Gasteiger partial charge in [0.25, 0.3) is 0 Å². The standard InChI is InChI=1S/C18H21N3O2S/c22-17(21-9-10-23-16-7-2-1-6-15(16)21)11-13-12-24-18(20-13)14-5-3-4-8-19-14/h3-5,8,12,15-16H,1-2,6-7,9-11H2. The minimum absolute atomic E-state index is 0.174. The second kappa shape index (κ2) is 6.99. The van der Waals surface area contributed by atoms with Crippen LogP contribution in [0.5, 0.6) is 0 Å². The summed E-state index contributed by atoms with van der Waals surface area (Å²) in [5.74, 6) is 0.174. The quantitative estimate of drug-likeness (QED) is 0.860. The second-order valence-corrected chi connectivity index (χ2v) is 7.24. The number of amides is 1. The van der Waals surface area contributed by atoms with Crippen molar-refractivity contribution in [1.82, 2.24) is 14.9 Å². The minimum Gasteiger partial charge on any atom is -0.374 e. The SMILES string of the molecule is O=C(Cc1csc(-c2ccccn2)n1)N1CCOC2CCCCC21. The first-order chi connectivity index (χ1) is 11.8. The summed E-state index contributed by atoms with van der Waals surface area (Å²) in [4.78, 5) is 23.7. The molecule has 2 aromatic rings. The van der Waals surface area contributed by atoms with Crippen LogP contribution in [-0.2, 0) is 16.0 Å². The molecule has 5 nitrogen and oxygen atoms in total. The molecule has 1 saturated carbocycles. The number of hydrogen-bond acceptors (Lipinski definition) is 5. The van der Waals surface area contributed by atoms with Gasteiger partial charge in [0.15, 0.2) is 0 Å². The molecular weight excluding hydrogens is 322 g/mol. The van der Waals surface area contributed by atoms with Gasteiger partial charge in [-0.25, -0.2) is 4.98 Å². The van der Waals surface area contributed by atoms with Crippen LogP contribution in [0.1, 0.15) is 31.4 Å². The number of nitrogens with zero attached hydrogens (tertiary/aromatic N) is 3. The van der Waals surface area contributed by atoms with Gasteiger partial charge < -0.3 is 9.64 Å². The van der Waals surface area contributed by atoms with E-state index >= 15 is 0 Å². The number of carbonyl (C=O) groups is 1. The minimum atomic E-state index is 0.174. The Kier molecular flexibility index (Phi) is 4.58. The summed E-state index contributed by atoms with van der Waals surface area (Å²) in [6.07, 6.45) is 6.90. The molecule has 0 radical (unpaired) electrons. The number of hydrogen-bond donors (Lipinski definition) is 0. The van der Waals surface area contributed by atoms with Crippen molar-refractivity contribution >= 4 is 17.2 Å². The molecule has 0 spiro atoms. The predicted molar refractivity (Wildman–Crippen MR) is 92.8 cm³/mol. The lowest BCUT2D eigenvalue weighted by Gasteiger charge is -2.43.